The third-order valence-corrected chi connectivity index (χ3v) is 7.82. The van der Waals surface area contributed by atoms with Gasteiger partial charge in [-0.2, -0.15) is 0 Å². The van der Waals surface area contributed by atoms with Crippen LogP contribution in [-0.4, -0.2) is 79.8 Å². The van der Waals surface area contributed by atoms with Crippen LogP contribution in [0.4, 0.5) is 4.79 Å². The summed E-state index contributed by atoms with van der Waals surface area (Å²) in [6.07, 6.45) is 0.0199. The Kier molecular flexibility index (Phi) is 8.67. The van der Waals surface area contributed by atoms with Gasteiger partial charge in [0.1, 0.15) is 11.0 Å². The van der Waals surface area contributed by atoms with Crippen molar-refractivity contribution < 1.29 is 39.2 Å². The molecule has 11 heteroatoms. The molecule has 0 bridgehead atoms. The standard InChI is InChI=1S/C29H32N2O8S/c1-5-14-31(28(37)39-29(2,3)4)27-30-23-22(17-11-7-9-13-19(17)25(35)36)21(20(15-32)38-26(23)40-27)16-10-6-8-12-18(16)24(33)34/h5-13,20-23,26,32H,1,14-15H2,2-4H3,(H,33,34)(H,35,36)/t20-,21-,22-,23+,26+/m0/s1. The van der Waals surface area contributed by atoms with Gasteiger partial charge in [0, 0.05) is 18.4 Å². The van der Waals surface area contributed by atoms with Crippen molar-refractivity contribution >= 4 is 35.0 Å². The Balaban J connectivity index is 1.90. The van der Waals surface area contributed by atoms with E-state index >= 15 is 0 Å². The second kappa shape index (κ2) is 11.8. The third-order valence-electron chi connectivity index (χ3n) is 6.66. The number of carbonyl (C=O) groups is 3. The number of nitrogens with zero attached hydrogens (tertiary/aromatic N) is 2. The van der Waals surface area contributed by atoms with Gasteiger partial charge in [0.25, 0.3) is 0 Å². The van der Waals surface area contributed by atoms with Crippen molar-refractivity contribution in [2.45, 2.75) is 55.8 Å². The topological polar surface area (TPSA) is 146 Å². The summed E-state index contributed by atoms with van der Waals surface area (Å²) < 4.78 is 11.9. The maximum atomic E-state index is 13.1. The fourth-order valence-corrected chi connectivity index (χ4v) is 6.39. The smallest absolute Gasteiger partial charge is 0.416 e. The highest BCUT2D eigenvalue weighted by Gasteiger charge is 2.52. The summed E-state index contributed by atoms with van der Waals surface area (Å²) in [5.41, 5.74) is -0.590. The van der Waals surface area contributed by atoms with E-state index in [9.17, 15) is 29.7 Å². The minimum atomic E-state index is -1.16. The van der Waals surface area contributed by atoms with Crippen LogP contribution in [0.2, 0.25) is 0 Å². The first-order chi connectivity index (χ1) is 19.0. The van der Waals surface area contributed by atoms with E-state index in [4.69, 9.17) is 14.5 Å². The highest BCUT2D eigenvalue weighted by molar-refractivity contribution is 8.14. The summed E-state index contributed by atoms with van der Waals surface area (Å²) in [4.78, 5) is 43.8. The van der Waals surface area contributed by atoms with Crippen LogP contribution in [0.1, 0.15) is 64.4 Å². The van der Waals surface area contributed by atoms with Crippen LogP contribution in [0.5, 0.6) is 0 Å². The van der Waals surface area contributed by atoms with E-state index < -0.39 is 59.7 Å². The average Bonchev–Trinajstić information content (AvgIpc) is 3.32. The predicted molar refractivity (Wildman–Crippen MR) is 150 cm³/mol. The lowest BCUT2D eigenvalue weighted by molar-refractivity contribution is -0.0636. The Bertz CT molecular complexity index is 1340. The number of carboxylic acid groups (broad SMARTS) is 2. The molecule has 0 aromatic heterocycles. The number of rotatable bonds is 7. The van der Waals surface area contributed by atoms with Gasteiger partial charge in [-0.3, -0.25) is 9.89 Å². The van der Waals surface area contributed by atoms with E-state index in [1.54, 1.807) is 57.2 Å². The zero-order valence-corrected chi connectivity index (χ0v) is 23.2. The number of aliphatic imine (C=N–C) groups is 1. The molecule has 0 spiro atoms. The molecule has 2 aliphatic heterocycles. The number of carbonyl (C=O) groups excluding carboxylic acids is 1. The molecule has 1 fully saturated rings. The number of aliphatic hydroxyl groups is 1. The van der Waals surface area contributed by atoms with E-state index in [0.29, 0.717) is 16.3 Å². The maximum absolute atomic E-state index is 13.1. The third kappa shape index (κ3) is 5.91. The zero-order chi connectivity index (χ0) is 29.2. The zero-order valence-electron chi connectivity index (χ0n) is 22.4. The molecular weight excluding hydrogens is 536 g/mol. The predicted octanol–water partition coefficient (Wildman–Crippen LogP) is 4.56. The molecular formula is C29H32N2O8S. The number of amidine groups is 1. The molecule has 40 heavy (non-hydrogen) atoms. The molecule has 2 aromatic carbocycles. The van der Waals surface area contributed by atoms with Crippen LogP contribution < -0.4 is 0 Å². The first-order valence-electron chi connectivity index (χ1n) is 12.7. The lowest BCUT2D eigenvalue weighted by Crippen LogP contribution is -2.47. The minimum Gasteiger partial charge on any atom is -0.478 e. The molecule has 0 radical (unpaired) electrons. The quantitative estimate of drug-likeness (QED) is 0.409. The Labute approximate surface area is 236 Å². The largest absolute Gasteiger partial charge is 0.478 e. The summed E-state index contributed by atoms with van der Waals surface area (Å²) in [5, 5.41) is 30.8. The fourth-order valence-electron chi connectivity index (χ4n) is 5.15. The van der Waals surface area contributed by atoms with Gasteiger partial charge in [0.15, 0.2) is 5.17 Å². The fraction of sp³-hybridized carbons (Fsp3) is 0.379. The number of fused-ring (bicyclic) bond motifs is 1. The maximum Gasteiger partial charge on any atom is 0.416 e. The van der Waals surface area contributed by atoms with Crippen molar-refractivity contribution in [2.24, 2.45) is 4.99 Å². The second-order valence-corrected chi connectivity index (χ2v) is 11.5. The van der Waals surface area contributed by atoms with Gasteiger partial charge in [0.05, 0.1) is 29.9 Å². The molecule has 5 atom stereocenters. The molecule has 212 valence electrons. The van der Waals surface area contributed by atoms with Gasteiger partial charge < -0.3 is 24.8 Å². The molecule has 1 amide bonds. The van der Waals surface area contributed by atoms with Crippen LogP contribution in [0.15, 0.2) is 66.2 Å². The lowest BCUT2D eigenvalue weighted by atomic mass is 9.70. The molecule has 1 saturated heterocycles. The number of hydrogen-bond acceptors (Lipinski definition) is 8. The number of amides is 1. The molecule has 10 nitrogen and oxygen atoms in total. The summed E-state index contributed by atoms with van der Waals surface area (Å²) in [6, 6.07) is 12.2. The molecule has 3 N–H and O–H groups in total. The van der Waals surface area contributed by atoms with E-state index in [2.05, 4.69) is 6.58 Å². The van der Waals surface area contributed by atoms with Crippen LogP contribution in [0, 0.1) is 0 Å². The van der Waals surface area contributed by atoms with Gasteiger partial charge in [0.2, 0.25) is 0 Å². The number of carboxylic acids is 2. The van der Waals surface area contributed by atoms with Crippen molar-refractivity contribution in [1.29, 1.82) is 0 Å². The number of ether oxygens (including phenoxy) is 2. The monoisotopic (exact) mass is 568 g/mol. The van der Waals surface area contributed by atoms with Crippen molar-refractivity contribution in [3.05, 3.63) is 83.4 Å². The summed E-state index contributed by atoms with van der Waals surface area (Å²) >= 11 is 1.17. The molecule has 0 unspecified atom stereocenters. The van der Waals surface area contributed by atoms with Crippen molar-refractivity contribution in [3.63, 3.8) is 0 Å². The Morgan fingerprint density at radius 3 is 2.08 bits per heavy atom. The molecule has 0 aliphatic carbocycles. The second-order valence-electron chi connectivity index (χ2n) is 10.5. The Morgan fingerprint density at radius 1 is 1.02 bits per heavy atom. The SMILES string of the molecule is C=CCN(C(=O)OC(C)(C)C)C1=N[C@@H]2[C@@H](c3ccccc3C(=O)O)[C@@H](c3ccccc3C(=O)O)[C@H](CO)O[C@@H]2S1. The highest BCUT2D eigenvalue weighted by Crippen LogP contribution is 2.52. The summed E-state index contributed by atoms with van der Waals surface area (Å²) in [5.74, 6) is -3.79. The first-order valence-corrected chi connectivity index (χ1v) is 13.6. The van der Waals surface area contributed by atoms with Gasteiger partial charge in [-0.25, -0.2) is 14.4 Å². The van der Waals surface area contributed by atoms with E-state index in [-0.39, 0.29) is 17.7 Å². The summed E-state index contributed by atoms with van der Waals surface area (Å²) in [7, 11) is 0. The minimum absolute atomic E-state index is 0.0164. The molecule has 2 aliphatic rings. The lowest BCUT2D eigenvalue weighted by Gasteiger charge is -2.44. The number of aromatic carboxylic acids is 2. The normalized spacial score (nSPS) is 24.0. The average molecular weight is 569 g/mol. The number of hydrogen-bond donors (Lipinski definition) is 3. The van der Waals surface area contributed by atoms with Crippen LogP contribution in [0.25, 0.3) is 0 Å². The number of aliphatic hydroxyl groups excluding tert-OH is 1. The van der Waals surface area contributed by atoms with E-state index in [1.165, 1.54) is 34.9 Å². The Hall–Kier alpha value is -3.67. The molecule has 4 rings (SSSR count). The first kappa shape index (κ1) is 29.3. The number of benzene rings is 2. The van der Waals surface area contributed by atoms with Crippen molar-refractivity contribution in [3.8, 4) is 0 Å². The van der Waals surface area contributed by atoms with Crippen LogP contribution in [0.3, 0.4) is 0 Å². The van der Waals surface area contributed by atoms with Gasteiger partial charge >= 0.3 is 18.0 Å². The van der Waals surface area contributed by atoms with Crippen molar-refractivity contribution in [2.75, 3.05) is 13.2 Å². The highest BCUT2D eigenvalue weighted by atomic mass is 32.2. The molecule has 0 saturated carbocycles. The van der Waals surface area contributed by atoms with Gasteiger partial charge in [-0.15, -0.1) is 6.58 Å². The van der Waals surface area contributed by atoms with Crippen LogP contribution in [-0.2, 0) is 9.47 Å². The van der Waals surface area contributed by atoms with E-state index in [0.717, 1.165) is 0 Å². The summed E-state index contributed by atoms with van der Waals surface area (Å²) in [6.45, 7) is 8.64. The van der Waals surface area contributed by atoms with Crippen molar-refractivity contribution in [1.82, 2.24) is 4.90 Å². The Morgan fingerprint density at radius 2 is 1.57 bits per heavy atom. The van der Waals surface area contributed by atoms with Gasteiger partial charge in [-0.1, -0.05) is 54.2 Å². The van der Waals surface area contributed by atoms with E-state index in [1.807, 2.05) is 0 Å². The molecule has 2 heterocycles. The van der Waals surface area contributed by atoms with Crippen LogP contribution >= 0.6 is 11.8 Å². The van der Waals surface area contributed by atoms with Gasteiger partial charge in [-0.05, 0) is 44.0 Å². The number of thioether (sulfide) groups is 1. The molecule has 2 aromatic rings.